The van der Waals surface area contributed by atoms with Crippen LogP contribution >= 0.6 is 0 Å². The van der Waals surface area contributed by atoms with Gasteiger partial charge >= 0.3 is 0 Å². The van der Waals surface area contributed by atoms with Crippen LogP contribution in [0.3, 0.4) is 0 Å². The summed E-state index contributed by atoms with van der Waals surface area (Å²) in [6.45, 7) is -0.308. The third-order valence-electron chi connectivity index (χ3n) is 17.4. The number of ether oxygens (including phenoxy) is 1. The molecule has 0 amide bonds. The molecule has 14 aromatic rings. The van der Waals surface area contributed by atoms with Crippen molar-refractivity contribution in [2.75, 3.05) is 14.7 Å². The lowest BCUT2D eigenvalue weighted by Crippen LogP contribution is -2.64. The lowest BCUT2D eigenvalue weighted by Gasteiger charge is -2.46. The van der Waals surface area contributed by atoms with Crippen LogP contribution in [0.5, 0.6) is 11.5 Å². The van der Waals surface area contributed by atoms with Gasteiger partial charge in [0.05, 0.1) is 33.4 Å². The van der Waals surface area contributed by atoms with Gasteiger partial charge in [-0.15, -0.1) is 0 Å². The summed E-state index contributed by atoms with van der Waals surface area (Å²) in [5.41, 5.74) is 24.4. The number of fused-ring (bicyclic) bond motifs is 16. The van der Waals surface area contributed by atoms with E-state index >= 15 is 0 Å². The van der Waals surface area contributed by atoms with Crippen molar-refractivity contribution in [3.05, 3.63) is 273 Å². The Labute approximate surface area is 463 Å². The Hall–Kier alpha value is -10.4. The molecule has 6 heterocycles. The first-order valence-electron chi connectivity index (χ1n) is 27.7. The van der Waals surface area contributed by atoms with E-state index in [1.165, 1.54) is 65.9 Å². The van der Waals surface area contributed by atoms with Gasteiger partial charge in [0, 0.05) is 78.8 Å². The van der Waals surface area contributed by atoms with Gasteiger partial charge in [-0.3, -0.25) is 0 Å². The van der Waals surface area contributed by atoms with Crippen molar-refractivity contribution in [2.45, 2.75) is 0 Å². The van der Waals surface area contributed by atoms with Crippen molar-refractivity contribution in [1.82, 2.24) is 9.13 Å². The van der Waals surface area contributed by atoms with Crippen LogP contribution in [0.4, 0.5) is 51.2 Å². The predicted octanol–water partition coefficient (Wildman–Crippen LogP) is 14.4. The Morgan fingerprint density at radius 2 is 0.688 bits per heavy atom. The van der Waals surface area contributed by atoms with E-state index < -0.39 is 0 Å². The summed E-state index contributed by atoms with van der Waals surface area (Å²) in [5.74, 6) is 1.75. The topological polar surface area (TPSA) is 28.8 Å². The highest BCUT2D eigenvalue weighted by Crippen LogP contribution is 2.53. The number of hydrogen-bond donors (Lipinski definition) is 0. The van der Waals surface area contributed by atoms with Gasteiger partial charge in [-0.05, 0) is 130 Å². The maximum Gasteiger partial charge on any atom is 0.256 e. The van der Waals surface area contributed by atoms with Crippen molar-refractivity contribution in [2.24, 2.45) is 0 Å². The van der Waals surface area contributed by atoms with Gasteiger partial charge in [0.25, 0.3) is 13.4 Å². The fourth-order valence-corrected chi connectivity index (χ4v) is 14.4. The summed E-state index contributed by atoms with van der Waals surface area (Å²) < 4.78 is 12.2. The zero-order chi connectivity index (χ0) is 52.2. The molecule has 0 N–H and O–H groups in total. The molecule has 18 rings (SSSR count). The fraction of sp³-hybridized carbons (Fsp3) is 0. The summed E-state index contributed by atoms with van der Waals surface area (Å²) in [4.78, 5) is 7.72. The van der Waals surface area contributed by atoms with Crippen LogP contribution in [0.25, 0.3) is 55.0 Å². The molecule has 0 spiro atoms. The monoisotopic (exact) mass is 1020 g/mol. The largest absolute Gasteiger partial charge is 0.458 e. The molecule has 80 heavy (non-hydrogen) atoms. The molecule has 6 nitrogen and oxygen atoms in total. The second-order valence-corrected chi connectivity index (χ2v) is 21.5. The molecule has 0 aliphatic carbocycles. The van der Waals surface area contributed by atoms with E-state index in [9.17, 15) is 0 Å². The Kier molecular flexibility index (Phi) is 9.03. The number of nitrogens with zero attached hydrogens (tertiary/aromatic N) is 5. The van der Waals surface area contributed by atoms with E-state index in [0.717, 1.165) is 84.5 Å². The molecular weight excluding hydrogens is 972 g/mol. The van der Waals surface area contributed by atoms with Crippen molar-refractivity contribution in [3.8, 4) is 22.9 Å². The number of rotatable bonds is 5. The molecular formula is C72H45B2N5O. The van der Waals surface area contributed by atoms with Crippen LogP contribution < -0.4 is 52.2 Å². The molecule has 370 valence electrons. The third-order valence-corrected chi connectivity index (χ3v) is 17.4. The second-order valence-electron chi connectivity index (χ2n) is 21.5. The molecule has 0 saturated carbocycles. The number of hydrogen-bond acceptors (Lipinski definition) is 4. The maximum atomic E-state index is 7.27. The summed E-state index contributed by atoms with van der Waals surface area (Å²) >= 11 is 0. The lowest BCUT2D eigenvalue weighted by molar-refractivity contribution is 0.488. The minimum absolute atomic E-state index is 0.146. The number of para-hydroxylation sites is 9. The third kappa shape index (κ3) is 5.88. The highest BCUT2D eigenvalue weighted by atomic mass is 16.5. The van der Waals surface area contributed by atoms with Gasteiger partial charge < -0.3 is 28.6 Å². The summed E-state index contributed by atoms with van der Waals surface area (Å²) in [5, 5.41) is 4.81. The van der Waals surface area contributed by atoms with Crippen molar-refractivity contribution in [1.29, 1.82) is 0 Å². The smallest absolute Gasteiger partial charge is 0.256 e. The summed E-state index contributed by atoms with van der Waals surface area (Å²) in [6.07, 6.45) is 0. The predicted molar refractivity (Wildman–Crippen MR) is 335 cm³/mol. The van der Waals surface area contributed by atoms with Crippen LogP contribution in [0.1, 0.15) is 0 Å². The zero-order valence-corrected chi connectivity index (χ0v) is 43.3. The standard InChI is InChI=1S/C72H45B2N5O/c1-6-24-46(25-7-1)75-57-38-20-16-34-51(57)67-62(75)44-64-69-71(67)78(49-30-12-4-13-31-49)60-43-61-56(42-55(60)73(69)53-36-18-22-40-59(53)77(64)48-28-10-3-11-29-48)74-54-37-19-23-41-65(54)80-66-45-63-68(72(70(66)74)79(61)50-32-14-5-15-33-50)52-35-17-21-39-58(52)76(63)47-26-8-2-9-27-47/h1-45H. The van der Waals surface area contributed by atoms with Gasteiger partial charge in [-0.25, -0.2) is 0 Å². The van der Waals surface area contributed by atoms with E-state index in [4.69, 9.17) is 4.74 Å². The van der Waals surface area contributed by atoms with Gasteiger partial charge in [0.1, 0.15) is 11.5 Å². The molecule has 2 aromatic heterocycles. The number of aromatic nitrogens is 2. The Morgan fingerprint density at radius 1 is 0.263 bits per heavy atom. The molecule has 8 heteroatoms. The maximum absolute atomic E-state index is 7.27. The van der Waals surface area contributed by atoms with Crippen LogP contribution in [-0.4, -0.2) is 22.6 Å². The molecule has 0 bridgehead atoms. The summed E-state index contributed by atoms with van der Waals surface area (Å²) in [6, 6.07) is 101. The molecule has 0 atom stereocenters. The second kappa shape index (κ2) is 16.5. The number of anilines is 9. The highest BCUT2D eigenvalue weighted by Gasteiger charge is 2.49. The SMILES string of the molecule is c1ccc(N2c3ccccc3B3c4cc5c(cc4N(c4ccccc4)c4c3c2cc2c4c3ccccc3n2-c2ccccc2)N(c2ccccc2)c2c3c(cc4c2c2ccccc2n4-c2ccccc2)Oc2ccccc2B53)cc1. The van der Waals surface area contributed by atoms with Crippen molar-refractivity contribution in [3.63, 3.8) is 0 Å². The molecule has 4 aliphatic rings. The normalized spacial score (nSPS) is 13.5. The van der Waals surface area contributed by atoms with Crippen LogP contribution in [0.2, 0.25) is 0 Å². The van der Waals surface area contributed by atoms with Crippen molar-refractivity contribution < 1.29 is 4.74 Å². The Bertz CT molecular complexity index is 4890. The fourth-order valence-electron chi connectivity index (χ4n) is 14.4. The van der Waals surface area contributed by atoms with Gasteiger partial charge in [-0.1, -0.05) is 170 Å². The molecule has 0 unspecified atom stereocenters. The van der Waals surface area contributed by atoms with E-state index in [-0.39, 0.29) is 13.4 Å². The van der Waals surface area contributed by atoms with Crippen molar-refractivity contribution >= 4 is 141 Å². The lowest BCUT2D eigenvalue weighted by atomic mass is 9.30. The highest BCUT2D eigenvalue weighted by molar-refractivity contribution is 7.03. The zero-order valence-electron chi connectivity index (χ0n) is 43.3. The van der Waals surface area contributed by atoms with Gasteiger partial charge in [0.2, 0.25) is 0 Å². The molecule has 4 aliphatic heterocycles. The van der Waals surface area contributed by atoms with E-state index in [1.807, 2.05) is 0 Å². The molecule has 12 aromatic carbocycles. The first-order valence-corrected chi connectivity index (χ1v) is 27.7. The average molecular weight is 1020 g/mol. The van der Waals surface area contributed by atoms with Gasteiger partial charge in [0.15, 0.2) is 0 Å². The minimum atomic E-state index is -0.162. The molecule has 0 saturated heterocycles. The quantitative estimate of drug-likeness (QED) is 0.161. The minimum Gasteiger partial charge on any atom is -0.458 e. The average Bonchev–Trinajstić information content (AvgIpc) is 4.18. The summed E-state index contributed by atoms with van der Waals surface area (Å²) in [7, 11) is 0. The first-order chi connectivity index (χ1) is 39.8. The number of benzene rings is 12. The van der Waals surface area contributed by atoms with Crippen LogP contribution in [0.15, 0.2) is 273 Å². The first kappa shape index (κ1) is 43.6. The van der Waals surface area contributed by atoms with Gasteiger partial charge in [-0.2, -0.15) is 0 Å². The Morgan fingerprint density at radius 3 is 1.25 bits per heavy atom. The molecule has 0 fully saturated rings. The van der Waals surface area contributed by atoms with Crippen LogP contribution in [-0.2, 0) is 0 Å². The van der Waals surface area contributed by atoms with E-state index in [2.05, 4.69) is 297 Å². The van der Waals surface area contributed by atoms with E-state index in [1.54, 1.807) is 0 Å². The molecule has 0 radical (unpaired) electrons. The van der Waals surface area contributed by atoms with Crippen LogP contribution in [0, 0.1) is 0 Å². The Balaban J connectivity index is 1.02. The van der Waals surface area contributed by atoms with E-state index in [0.29, 0.717) is 0 Å².